The van der Waals surface area contributed by atoms with E-state index in [1.807, 2.05) is 4.90 Å². The highest BCUT2D eigenvalue weighted by Gasteiger charge is 2.43. The lowest BCUT2D eigenvalue weighted by atomic mass is 9.96. The molecule has 0 aromatic heterocycles. The molecule has 1 aliphatic rings. The number of hydrogen-bond acceptors (Lipinski definition) is 5. The van der Waals surface area contributed by atoms with Crippen molar-refractivity contribution < 1.29 is 9.72 Å². The number of nitrogens with zero attached hydrogens (tertiary/aromatic N) is 3. The summed E-state index contributed by atoms with van der Waals surface area (Å²) in [7, 11) is 3.40. The zero-order valence-corrected chi connectivity index (χ0v) is 12.7. The van der Waals surface area contributed by atoms with Crippen LogP contribution in [-0.2, 0) is 4.79 Å². The Hall–Kier alpha value is -2.31. The maximum Gasteiger partial charge on any atom is 0.315 e. The molecule has 1 fully saturated rings. The van der Waals surface area contributed by atoms with Crippen molar-refractivity contribution >= 4 is 23.0 Å². The molecule has 7 heteroatoms. The second kappa shape index (κ2) is 5.23. The highest BCUT2D eigenvalue weighted by atomic mass is 16.6. The molecule has 1 heterocycles. The number of anilines is 2. The summed E-state index contributed by atoms with van der Waals surface area (Å²) in [6, 6.07) is 5.11. The minimum absolute atomic E-state index is 0.00503. The molecular formula is C14H20N4O3. The lowest BCUT2D eigenvalue weighted by Gasteiger charge is -2.45. The topological polar surface area (TPSA) is 78.7 Å². The maximum atomic E-state index is 12.4. The van der Waals surface area contributed by atoms with Crippen LogP contribution in [-0.4, -0.2) is 48.5 Å². The number of nitro benzene ring substituents is 1. The first-order valence-corrected chi connectivity index (χ1v) is 6.79. The van der Waals surface area contributed by atoms with Gasteiger partial charge in [-0.05, 0) is 26.0 Å². The van der Waals surface area contributed by atoms with E-state index < -0.39 is 10.5 Å². The molecule has 1 saturated heterocycles. The highest BCUT2D eigenvalue weighted by Crippen LogP contribution is 2.39. The van der Waals surface area contributed by atoms with Gasteiger partial charge in [-0.2, -0.15) is 0 Å². The molecule has 1 aliphatic heterocycles. The zero-order chi connectivity index (χ0) is 15.8. The fraction of sp³-hybridized carbons (Fsp3) is 0.500. The first kappa shape index (κ1) is 15.1. The van der Waals surface area contributed by atoms with Gasteiger partial charge in [-0.25, -0.2) is 0 Å². The van der Waals surface area contributed by atoms with Crippen molar-refractivity contribution in [1.82, 2.24) is 4.90 Å². The van der Waals surface area contributed by atoms with E-state index in [0.29, 0.717) is 24.5 Å². The minimum Gasteiger partial charge on any atom is -0.382 e. The average Bonchev–Trinajstić information content (AvgIpc) is 2.44. The number of piperazine rings is 1. The summed E-state index contributed by atoms with van der Waals surface area (Å²) >= 11 is 0. The maximum absolute atomic E-state index is 12.4. The molecule has 114 valence electrons. The van der Waals surface area contributed by atoms with Gasteiger partial charge >= 0.3 is 5.69 Å². The first-order valence-electron chi connectivity index (χ1n) is 6.79. The Kier molecular flexibility index (Phi) is 3.76. The molecule has 0 saturated carbocycles. The summed E-state index contributed by atoms with van der Waals surface area (Å²) in [4.78, 5) is 26.9. The van der Waals surface area contributed by atoms with Gasteiger partial charge in [-0.1, -0.05) is 6.07 Å². The third-order valence-corrected chi connectivity index (χ3v) is 3.96. The van der Waals surface area contributed by atoms with Gasteiger partial charge in [0.1, 0.15) is 16.9 Å². The van der Waals surface area contributed by atoms with Crippen LogP contribution in [0.1, 0.15) is 13.8 Å². The number of carbonyl (C=O) groups is 1. The summed E-state index contributed by atoms with van der Waals surface area (Å²) in [6.07, 6.45) is 0. The van der Waals surface area contributed by atoms with Crippen molar-refractivity contribution in [2.45, 2.75) is 19.4 Å². The Bertz CT molecular complexity index is 586. The lowest BCUT2D eigenvalue weighted by molar-refractivity contribution is -0.383. The van der Waals surface area contributed by atoms with Gasteiger partial charge in [0.15, 0.2) is 0 Å². The van der Waals surface area contributed by atoms with Crippen molar-refractivity contribution in [3.63, 3.8) is 0 Å². The Morgan fingerprint density at radius 3 is 2.57 bits per heavy atom. The molecule has 1 amide bonds. The standard InChI is InChI=1S/C14H20N4O3/c1-14(2)13(19)16(4)8-9-17(14)11-7-5-6-10(15-3)12(11)18(20)21/h5-7,15H,8-9H2,1-4H3. The molecule has 21 heavy (non-hydrogen) atoms. The van der Waals surface area contributed by atoms with Crippen LogP contribution in [0.5, 0.6) is 0 Å². The highest BCUT2D eigenvalue weighted by molar-refractivity contribution is 5.92. The van der Waals surface area contributed by atoms with E-state index in [1.54, 1.807) is 51.0 Å². The number of para-hydroxylation sites is 1. The number of benzene rings is 1. The largest absolute Gasteiger partial charge is 0.382 e. The predicted molar refractivity (Wildman–Crippen MR) is 81.7 cm³/mol. The van der Waals surface area contributed by atoms with Crippen LogP contribution in [0.3, 0.4) is 0 Å². The first-order chi connectivity index (χ1) is 9.80. The number of likely N-dealkylation sites (N-methyl/N-ethyl adjacent to an activating group) is 1. The smallest absolute Gasteiger partial charge is 0.315 e. The lowest BCUT2D eigenvalue weighted by Crippen LogP contribution is -2.62. The molecule has 0 unspecified atom stereocenters. The Balaban J connectivity index is 2.56. The molecule has 0 radical (unpaired) electrons. The summed E-state index contributed by atoms with van der Waals surface area (Å²) in [5, 5.41) is 14.3. The molecule has 1 N–H and O–H groups in total. The Morgan fingerprint density at radius 2 is 2.00 bits per heavy atom. The summed E-state index contributed by atoms with van der Waals surface area (Å²) in [6.45, 7) is 4.69. The second-order valence-electron chi connectivity index (χ2n) is 5.62. The molecule has 0 atom stereocenters. The normalized spacial score (nSPS) is 17.8. The number of amides is 1. The average molecular weight is 292 g/mol. The molecule has 7 nitrogen and oxygen atoms in total. The number of nitrogens with one attached hydrogen (secondary N) is 1. The van der Waals surface area contributed by atoms with E-state index in [4.69, 9.17) is 0 Å². The predicted octanol–water partition coefficient (Wildman–Crippen LogP) is 1.69. The van der Waals surface area contributed by atoms with E-state index in [9.17, 15) is 14.9 Å². The van der Waals surface area contributed by atoms with Gasteiger partial charge in [-0.3, -0.25) is 14.9 Å². The Morgan fingerprint density at radius 1 is 1.33 bits per heavy atom. The van der Waals surface area contributed by atoms with E-state index in [1.165, 1.54) is 0 Å². The summed E-state index contributed by atoms with van der Waals surface area (Å²) in [5.41, 5.74) is 0.104. The number of carbonyl (C=O) groups excluding carboxylic acids is 1. The molecule has 0 bridgehead atoms. The van der Waals surface area contributed by atoms with Crippen LogP contribution in [0.4, 0.5) is 17.1 Å². The van der Waals surface area contributed by atoms with Crippen LogP contribution in [0.15, 0.2) is 18.2 Å². The van der Waals surface area contributed by atoms with Gasteiger partial charge in [0.2, 0.25) is 5.91 Å². The van der Waals surface area contributed by atoms with Gasteiger partial charge in [0.05, 0.1) is 4.92 Å². The molecule has 1 aromatic rings. The van der Waals surface area contributed by atoms with Crippen LogP contribution < -0.4 is 10.2 Å². The fourth-order valence-electron chi connectivity index (χ4n) is 2.78. The van der Waals surface area contributed by atoms with Crippen LogP contribution in [0, 0.1) is 10.1 Å². The number of nitro groups is 1. The Labute approximate surface area is 123 Å². The third kappa shape index (κ3) is 2.39. The van der Waals surface area contributed by atoms with E-state index in [0.717, 1.165) is 0 Å². The van der Waals surface area contributed by atoms with Gasteiger partial charge in [0, 0.05) is 27.2 Å². The van der Waals surface area contributed by atoms with Crippen LogP contribution >= 0.6 is 0 Å². The monoisotopic (exact) mass is 292 g/mol. The number of hydrogen-bond donors (Lipinski definition) is 1. The quantitative estimate of drug-likeness (QED) is 0.677. The van der Waals surface area contributed by atoms with Crippen molar-refractivity contribution in [3.8, 4) is 0 Å². The molecular weight excluding hydrogens is 272 g/mol. The van der Waals surface area contributed by atoms with Gasteiger partial charge in [-0.15, -0.1) is 0 Å². The molecule has 1 aromatic carbocycles. The minimum atomic E-state index is -0.815. The molecule has 0 spiro atoms. The van der Waals surface area contributed by atoms with Gasteiger partial charge in [0.25, 0.3) is 0 Å². The van der Waals surface area contributed by atoms with E-state index in [2.05, 4.69) is 5.32 Å². The SMILES string of the molecule is CNc1cccc(N2CCN(C)C(=O)C2(C)C)c1[N+](=O)[O-]. The summed E-state index contributed by atoms with van der Waals surface area (Å²) in [5.74, 6) is -0.0436. The van der Waals surface area contributed by atoms with Crippen LogP contribution in [0.25, 0.3) is 0 Å². The second-order valence-corrected chi connectivity index (χ2v) is 5.62. The zero-order valence-electron chi connectivity index (χ0n) is 12.7. The third-order valence-electron chi connectivity index (χ3n) is 3.96. The fourth-order valence-corrected chi connectivity index (χ4v) is 2.78. The van der Waals surface area contributed by atoms with Gasteiger partial charge < -0.3 is 15.1 Å². The van der Waals surface area contributed by atoms with Crippen molar-refractivity contribution in [1.29, 1.82) is 0 Å². The van der Waals surface area contributed by atoms with E-state index >= 15 is 0 Å². The van der Waals surface area contributed by atoms with Crippen molar-refractivity contribution in [2.75, 3.05) is 37.4 Å². The van der Waals surface area contributed by atoms with Crippen molar-refractivity contribution in [3.05, 3.63) is 28.3 Å². The summed E-state index contributed by atoms with van der Waals surface area (Å²) < 4.78 is 0. The van der Waals surface area contributed by atoms with Crippen LogP contribution in [0.2, 0.25) is 0 Å². The van der Waals surface area contributed by atoms with Crippen molar-refractivity contribution in [2.24, 2.45) is 0 Å². The van der Waals surface area contributed by atoms with E-state index in [-0.39, 0.29) is 11.6 Å². The number of rotatable bonds is 3. The molecule has 2 rings (SSSR count). The molecule has 0 aliphatic carbocycles.